The lowest BCUT2D eigenvalue weighted by atomic mass is 10.1. The maximum atomic E-state index is 12.4. The zero-order valence-corrected chi connectivity index (χ0v) is 18.9. The van der Waals surface area contributed by atoms with Crippen LogP contribution in [0, 0.1) is 0 Å². The molecule has 170 valence electrons. The van der Waals surface area contributed by atoms with Gasteiger partial charge in [0.2, 0.25) is 0 Å². The van der Waals surface area contributed by atoms with Crippen LogP contribution in [-0.4, -0.2) is 52.5 Å². The van der Waals surface area contributed by atoms with Gasteiger partial charge in [-0.05, 0) is 57.3 Å². The zero-order valence-electron chi connectivity index (χ0n) is 18.9. The van der Waals surface area contributed by atoms with Crippen molar-refractivity contribution in [3.8, 4) is 17.1 Å². The Morgan fingerprint density at radius 1 is 1.12 bits per heavy atom. The number of ketones is 1. The van der Waals surface area contributed by atoms with Crippen LogP contribution >= 0.6 is 0 Å². The summed E-state index contributed by atoms with van der Waals surface area (Å²) in [4.78, 5) is 35.1. The van der Waals surface area contributed by atoms with Crippen molar-refractivity contribution < 1.29 is 13.9 Å². The molecule has 0 unspecified atom stereocenters. The molecule has 2 aromatic heterocycles. The largest absolute Gasteiger partial charge is 0.490 e. The fourth-order valence-corrected chi connectivity index (χ4v) is 3.53. The van der Waals surface area contributed by atoms with Crippen LogP contribution in [0.1, 0.15) is 29.3 Å². The van der Waals surface area contributed by atoms with Crippen LogP contribution in [0.15, 0.2) is 64.1 Å². The summed E-state index contributed by atoms with van der Waals surface area (Å²) >= 11 is 0. The third-order valence-corrected chi connectivity index (χ3v) is 5.25. The van der Waals surface area contributed by atoms with E-state index in [1.54, 1.807) is 30.6 Å². The summed E-state index contributed by atoms with van der Waals surface area (Å²) in [6.07, 6.45) is 4.26. The van der Waals surface area contributed by atoms with Gasteiger partial charge in [0.05, 0.1) is 31.1 Å². The van der Waals surface area contributed by atoms with Crippen LogP contribution in [0.3, 0.4) is 0 Å². The van der Waals surface area contributed by atoms with E-state index in [0.717, 1.165) is 24.1 Å². The number of ether oxygens (including phenoxy) is 1. The number of fused-ring (bicyclic) bond motifs is 1. The second-order valence-corrected chi connectivity index (χ2v) is 8.14. The Labute approximate surface area is 191 Å². The molecule has 0 amide bonds. The van der Waals surface area contributed by atoms with E-state index in [4.69, 9.17) is 9.15 Å². The topological polar surface area (TPSA) is 90.5 Å². The normalized spacial score (nSPS) is 11.3. The highest BCUT2D eigenvalue weighted by Gasteiger charge is 2.13. The second-order valence-electron chi connectivity index (χ2n) is 8.14. The van der Waals surface area contributed by atoms with E-state index >= 15 is 0 Å². The van der Waals surface area contributed by atoms with E-state index in [2.05, 4.69) is 14.9 Å². The second kappa shape index (κ2) is 9.79. The van der Waals surface area contributed by atoms with Gasteiger partial charge >= 0.3 is 5.76 Å². The van der Waals surface area contributed by atoms with Gasteiger partial charge in [0.1, 0.15) is 0 Å². The van der Waals surface area contributed by atoms with Gasteiger partial charge in [-0.2, -0.15) is 0 Å². The molecular weight excluding hydrogens is 420 g/mol. The minimum Gasteiger partial charge on any atom is -0.490 e. The van der Waals surface area contributed by atoms with E-state index in [9.17, 15) is 9.59 Å². The first-order valence-electron chi connectivity index (χ1n) is 10.7. The molecule has 0 radical (unpaired) electrons. The molecule has 4 aromatic rings. The molecule has 8 nitrogen and oxygen atoms in total. The highest BCUT2D eigenvalue weighted by molar-refractivity contribution is 5.97. The average molecular weight is 447 g/mol. The van der Waals surface area contributed by atoms with Crippen molar-refractivity contribution in [2.45, 2.75) is 19.9 Å². The number of hydrogen-bond acceptors (Lipinski definition) is 7. The first kappa shape index (κ1) is 22.4. The van der Waals surface area contributed by atoms with Crippen molar-refractivity contribution in [2.24, 2.45) is 0 Å². The number of rotatable bonds is 9. The van der Waals surface area contributed by atoms with Crippen LogP contribution in [0.2, 0.25) is 0 Å². The van der Waals surface area contributed by atoms with Crippen LogP contribution in [0.25, 0.3) is 22.5 Å². The Balaban J connectivity index is 1.52. The Morgan fingerprint density at radius 2 is 1.91 bits per heavy atom. The number of carbonyl (C=O) groups excluding carboxylic acids is 1. The molecule has 0 aliphatic carbocycles. The fourth-order valence-electron chi connectivity index (χ4n) is 3.53. The first-order chi connectivity index (χ1) is 15.9. The van der Waals surface area contributed by atoms with Gasteiger partial charge in [-0.25, -0.2) is 14.8 Å². The third-order valence-electron chi connectivity index (χ3n) is 5.25. The molecule has 0 N–H and O–H groups in total. The minimum absolute atomic E-state index is 0.0682. The lowest BCUT2D eigenvalue weighted by Gasteiger charge is -2.10. The van der Waals surface area contributed by atoms with Gasteiger partial charge < -0.3 is 14.1 Å². The number of benzene rings is 2. The fraction of sp³-hybridized carbons (Fsp3) is 0.280. The maximum Gasteiger partial charge on any atom is 0.420 e. The highest BCUT2D eigenvalue weighted by atomic mass is 16.5. The van der Waals surface area contributed by atoms with Crippen LogP contribution in [0.4, 0.5) is 0 Å². The number of hydrogen-bond donors (Lipinski definition) is 0. The molecule has 8 heteroatoms. The molecule has 0 saturated carbocycles. The standard InChI is InChI=1S/C25H26N4O4/c1-17(30)19-8-9-23-22(13-19)29(25(31)33-23)16-18-6-4-7-20(12-18)24-26-14-21(15-27-24)32-11-5-10-28(2)3/h4,6-9,12-15H,5,10-11,16H2,1-3H3. The number of aromatic nitrogens is 3. The number of nitrogens with zero attached hydrogens (tertiary/aromatic N) is 4. The van der Waals surface area contributed by atoms with Crippen molar-refractivity contribution in [3.63, 3.8) is 0 Å². The van der Waals surface area contributed by atoms with E-state index in [1.807, 2.05) is 38.4 Å². The van der Waals surface area contributed by atoms with Gasteiger partial charge in [-0.1, -0.05) is 18.2 Å². The average Bonchev–Trinajstić information content (AvgIpc) is 3.11. The smallest absolute Gasteiger partial charge is 0.420 e. The maximum absolute atomic E-state index is 12.4. The molecular formula is C25H26N4O4. The Bertz CT molecular complexity index is 1320. The van der Waals surface area contributed by atoms with Crippen LogP contribution in [-0.2, 0) is 6.54 Å². The van der Waals surface area contributed by atoms with Crippen molar-refractivity contribution in [1.82, 2.24) is 19.4 Å². The van der Waals surface area contributed by atoms with Crippen molar-refractivity contribution in [1.29, 1.82) is 0 Å². The molecule has 0 spiro atoms. The van der Waals surface area contributed by atoms with Gasteiger partial charge in [-0.15, -0.1) is 0 Å². The minimum atomic E-state index is -0.469. The number of carbonyl (C=O) groups is 1. The zero-order chi connectivity index (χ0) is 23.4. The summed E-state index contributed by atoms with van der Waals surface area (Å²) in [5.41, 5.74) is 3.29. The van der Waals surface area contributed by atoms with Crippen molar-refractivity contribution >= 4 is 16.9 Å². The summed E-state index contributed by atoms with van der Waals surface area (Å²) in [5.74, 6) is 0.664. The molecule has 0 bridgehead atoms. The molecule has 33 heavy (non-hydrogen) atoms. The summed E-state index contributed by atoms with van der Waals surface area (Å²) in [6.45, 7) is 3.35. The highest BCUT2D eigenvalue weighted by Crippen LogP contribution is 2.21. The van der Waals surface area contributed by atoms with E-state index in [-0.39, 0.29) is 5.78 Å². The summed E-state index contributed by atoms with van der Waals surface area (Å²) in [5, 5.41) is 0. The van der Waals surface area contributed by atoms with E-state index in [1.165, 1.54) is 11.5 Å². The lowest BCUT2D eigenvalue weighted by molar-refractivity contribution is 0.101. The monoisotopic (exact) mass is 446 g/mol. The van der Waals surface area contributed by atoms with Crippen molar-refractivity contribution in [2.75, 3.05) is 27.2 Å². The molecule has 0 saturated heterocycles. The van der Waals surface area contributed by atoms with E-state index < -0.39 is 5.76 Å². The molecule has 2 aromatic carbocycles. The molecule has 0 fully saturated rings. The quantitative estimate of drug-likeness (QED) is 0.286. The number of oxazole rings is 1. The van der Waals surface area contributed by atoms with Gasteiger partial charge in [0.15, 0.2) is 22.9 Å². The molecule has 0 atom stereocenters. The Kier molecular flexibility index (Phi) is 6.65. The predicted octanol–water partition coefficient (Wildman–Crippen LogP) is 3.63. The number of Topliss-reactive ketones (excluding diaryl/α,β-unsaturated/α-hetero) is 1. The predicted molar refractivity (Wildman–Crippen MR) is 126 cm³/mol. The summed E-state index contributed by atoms with van der Waals surface area (Å²) in [7, 11) is 4.06. The molecule has 0 aliphatic heterocycles. The van der Waals surface area contributed by atoms with Crippen LogP contribution < -0.4 is 10.5 Å². The SMILES string of the molecule is CC(=O)c1ccc2oc(=O)n(Cc3cccc(-c4ncc(OCCCN(C)C)cn4)c3)c2c1. The summed E-state index contributed by atoms with van der Waals surface area (Å²) in [6, 6.07) is 12.7. The Morgan fingerprint density at radius 3 is 2.64 bits per heavy atom. The van der Waals surface area contributed by atoms with E-state index in [0.29, 0.717) is 41.4 Å². The first-order valence-corrected chi connectivity index (χ1v) is 10.7. The lowest BCUT2D eigenvalue weighted by Crippen LogP contribution is -2.15. The van der Waals surface area contributed by atoms with Gasteiger partial charge in [0, 0.05) is 17.7 Å². The van der Waals surface area contributed by atoms with Crippen molar-refractivity contribution in [3.05, 3.63) is 76.5 Å². The molecule has 2 heterocycles. The van der Waals surface area contributed by atoms with Gasteiger partial charge in [0.25, 0.3) is 0 Å². The molecule has 4 rings (SSSR count). The third kappa shape index (κ3) is 5.35. The Hall–Kier alpha value is -3.78. The van der Waals surface area contributed by atoms with Gasteiger partial charge in [-0.3, -0.25) is 9.36 Å². The molecule has 0 aliphatic rings. The summed E-state index contributed by atoms with van der Waals surface area (Å²) < 4.78 is 12.6. The van der Waals surface area contributed by atoms with Crippen LogP contribution in [0.5, 0.6) is 5.75 Å².